The molecule has 4 aliphatic rings. The second-order valence-corrected chi connectivity index (χ2v) is 9.45. The fourth-order valence-corrected chi connectivity index (χ4v) is 7.07. The Morgan fingerprint density at radius 3 is 2.74 bits per heavy atom. The molecule has 7 atom stereocenters. The Labute approximate surface area is 140 Å². The summed E-state index contributed by atoms with van der Waals surface area (Å²) in [6.07, 6.45) is 13.0. The maximum absolute atomic E-state index is 8.93. The van der Waals surface area contributed by atoms with E-state index in [0.29, 0.717) is 5.41 Å². The Bertz CT molecular complexity index is 575. The number of nitrogens with zero attached hydrogens (tertiary/aromatic N) is 3. The lowest BCUT2D eigenvalue weighted by Crippen LogP contribution is -2.50. The first-order valence-corrected chi connectivity index (χ1v) is 9.73. The van der Waals surface area contributed by atoms with Crippen molar-refractivity contribution in [1.29, 1.82) is 0 Å². The molecule has 0 N–H and O–H groups in total. The van der Waals surface area contributed by atoms with Gasteiger partial charge in [0.25, 0.3) is 0 Å². The number of hydrogen-bond acceptors (Lipinski definition) is 1. The van der Waals surface area contributed by atoms with E-state index >= 15 is 0 Å². The molecule has 0 aromatic carbocycles. The van der Waals surface area contributed by atoms with Crippen molar-refractivity contribution in [2.75, 3.05) is 0 Å². The molecule has 0 heterocycles. The van der Waals surface area contributed by atoms with E-state index in [4.69, 9.17) is 5.53 Å². The third-order valence-electron chi connectivity index (χ3n) is 8.49. The molecule has 0 radical (unpaired) electrons. The zero-order chi connectivity index (χ0) is 16.2. The topological polar surface area (TPSA) is 48.8 Å². The maximum Gasteiger partial charge on any atom is 0.0430 e. The minimum absolute atomic E-state index is 0.239. The predicted molar refractivity (Wildman–Crippen MR) is 93.8 cm³/mol. The summed E-state index contributed by atoms with van der Waals surface area (Å²) in [5, 5.41) is 4.19. The van der Waals surface area contributed by atoms with Gasteiger partial charge in [0.2, 0.25) is 0 Å². The molecule has 3 nitrogen and oxygen atoms in total. The Kier molecular flexibility index (Phi) is 3.57. The first kappa shape index (κ1) is 15.6. The van der Waals surface area contributed by atoms with Crippen LogP contribution in [0.4, 0.5) is 0 Å². The molecule has 4 aliphatic carbocycles. The minimum atomic E-state index is 0.239. The van der Waals surface area contributed by atoms with Gasteiger partial charge in [-0.2, -0.15) is 0 Å². The van der Waals surface area contributed by atoms with E-state index in [0.717, 1.165) is 30.1 Å². The number of azide groups is 1. The van der Waals surface area contributed by atoms with Crippen molar-refractivity contribution in [3.63, 3.8) is 0 Å². The second kappa shape index (κ2) is 5.28. The van der Waals surface area contributed by atoms with Crippen LogP contribution in [0.5, 0.6) is 0 Å². The average molecular weight is 313 g/mol. The standard InChI is InChI=1S/C20H31N3/c1-13-8-10-19(2)14(12-13)4-5-15-16-6-7-18(22-23-21)20(16,3)11-9-17(15)19/h4,13,15-18H,5-12H2,1-3H3/t13-,15?,16?,17?,18-,19-,20-/m0/s1. The summed E-state index contributed by atoms with van der Waals surface area (Å²) in [6, 6.07) is 0.239. The fraction of sp³-hybridized carbons (Fsp3) is 0.900. The zero-order valence-corrected chi connectivity index (χ0v) is 15.0. The fourth-order valence-electron chi connectivity index (χ4n) is 7.07. The lowest BCUT2D eigenvalue weighted by molar-refractivity contribution is -0.0328. The van der Waals surface area contributed by atoms with Crippen LogP contribution in [-0.2, 0) is 0 Å². The van der Waals surface area contributed by atoms with Gasteiger partial charge in [-0.15, -0.1) is 0 Å². The summed E-state index contributed by atoms with van der Waals surface area (Å²) in [6.45, 7) is 7.42. The molecular weight excluding hydrogens is 282 g/mol. The van der Waals surface area contributed by atoms with Crippen molar-refractivity contribution in [1.82, 2.24) is 0 Å². The van der Waals surface area contributed by atoms with E-state index in [1.165, 1.54) is 44.9 Å². The first-order valence-electron chi connectivity index (χ1n) is 9.73. The van der Waals surface area contributed by atoms with Crippen LogP contribution in [0.1, 0.15) is 72.1 Å². The number of rotatable bonds is 1. The molecule has 0 bridgehead atoms. The van der Waals surface area contributed by atoms with Gasteiger partial charge in [0.15, 0.2) is 0 Å². The van der Waals surface area contributed by atoms with Crippen LogP contribution >= 0.6 is 0 Å². The van der Waals surface area contributed by atoms with E-state index in [2.05, 4.69) is 36.9 Å². The van der Waals surface area contributed by atoms with Crippen LogP contribution in [0.15, 0.2) is 16.8 Å². The van der Waals surface area contributed by atoms with Gasteiger partial charge in [-0.3, -0.25) is 0 Å². The van der Waals surface area contributed by atoms with Gasteiger partial charge in [-0.1, -0.05) is 37.5 Å². The van der Waals surface area contributed by atoms with Crippen molar-refractivity contribution in [2.24, 2.45) is 39.6 Å². The summed E-state index contributed by atoms with van der Waals surface area (Å²) in [5.41, 5.74) is 11.4. The third-order valence-corrected chi connectivity index (χ3v) is 8.49. The number of fused-ring (bicyclic) bond motifs is 5. The van der Waals surface area contributed by atoms with Crippen molar-refractivity contribution < 1.29 is 0 Å². The van der Waals surface area contributed by atoms with Gasteiger partial charge in [0, 0.05) is 11.0 Å². The van der Waals surface area contributed by atoms with Crippen molar-refractivity contribution in [3.8, 4) is 0 Å². The van der Waals surface area contributed by atoms with Crippen LogP contribution in [0.2, 0.25) is 0 Å². The predicted octanol–water partition coefficient (Wildman–Crippen LogP) is 6.26. The molecule has 0 spiro atoms. The highest BCUT2D eigenvalue weighted by Crippen LogP contribution is 2.65. The number of allylic oxidation sites excluding steroid dienone is 2. The monoisotopic (exact) mass is 313 g/mol. The highest BCUT2D eigenvalue weighted by molar-refractivity contribution is 5.25. The van der Waals surface area contributed by atoms with Gasteiger partial charge in [0.1, 0.15) is 0 Å². The number of hydrogen-bond donors (Lipinski definition) is 0. The largest absolute Gasteiger partial charge is 0.0900 e. The molecule has 126 valence electrons. The average Bonchev–Trinajstić information content (AvgIpc) is 2.85. The van der Waals surface area contributed by atoms with Gasteiger partial charge in [-0.05, 0) is 91.4 Å². The van der Waals surface area contributed by atoms with Crippen molar-refractivity contribution in [2.45, 2.75) is 78.2 Å². The molecule has 3 unspecified atom stereocenters. The summed E-state index contributed by atoms with van der Waals surface area (Å²) in [5.74, 6) is 3.35. The van der Waals surface area contributed by atoms with E-state index < -0.39 is 0 Å². The lowest BCUT2D eigenvalue weighted by atomic mass is 9.47. The Morgan fingerprint density at radius 2 is 1.96 bits per heavy atom. The van der Waals surface area contributed by atoms with Gasteiger partial charge < -0.3 is 0 Å². The van der Waals surface area contributed by atoms with Crippen molar-refractivity contribution >= 4 is 0 Å². The summed E-state index contributed by atoms with van der Waals surface area (Å²) < 4.78 is 0. The molecular formula is C20H31N3. The van der Waals surface area contributed by atoms with Crippen LogP contribution in [0, 0.1) is 34.5 Å². The second-order valence-electron chi connectivity index (χ2n) is 9.45. The summed E-state index contributed by atoms with van der Waals surface area (Å²) >= 11 is 0. The van der Waals surface area contributed by atoms with Crippen LogP contribution < -0.4 is 0 Å². The normalized spacial score (nSPS) is 51.8. The van der Waals surface area contributed by atoms with E-state index in [1.807, 2.05) is 0 Å². The van der Waals surface area contributed by atoms with E-state index in [9.17, 15) is 0 Å². The Hall–Kier alpha value is -0.950. The van der Waals surface area contributed by atoms with Crippen molar-refractivity contribution in [3.05, 3.63) is 22.1 Å². The third kappa shape index (κ3) is 2.12. The zero-order valence-electron chi connectivity index (χ0n) is 15.0. The molecule has 0 aromatic rings. The Balaban J connectivity index is 1.66. The van der Waals surface area contributed by atoms with Crippen LogP contribution in [-0.4, -0.2) is 6.04 Å². The molecule has 4 rings (SSSR count). The van der Waals surface area contributed by atoms with Gasteiger partial charge in [-0.25, -0.2) is 0 Å². The molecule has 23 heavy (non-hydrogen) atoms. The SMILES string of the molecule is C[C@H]1CC[C@@]2(C)C(=CCC3C2CC[C@@]2(C)C3CC[C@@H]2N=[N+]=[N-])C1. The smallest absolute Gasteiger partial charge is 0.0430 e. The molecule has 0 aromatic heterocycles. The highest BCUT2D eigenvalue weighted by Gasteiger charge is 2.58. The molecule has 0 amide bonds. The molecule has 3 heteroatoms. The molecule has 3 saturated carbocycles. The maximum atomic E-state index is 8.93. The first-order chi connectivity index (χ1) is 11.0. The highest BCUT2D eigenvalue weighted by atomic mass is 15.2. The van der Waals surface area contributed by atoms with E-state index in [1.54, 1.807) is 5.57 Å². The summed E-state index contributed by atoms with van der Waals surface area (Å²) in [4.78, 5) is 3.16. The van der Waals surface area contributed by atoms with Gasteiger partial charge in [0.05, 0.1) is 0 Å². The molecule has 3 fully saturated rings. The quantitative estimate of drug-likeness (QED) is 0.237. The van der Waals surface area contributed by atoms with Crippen LogP contribution in [0.3, 0.4) is 0 Å². The van der Waals surface area contributed by atoms with Crippen LogP contribution in [0.25, 0.3) is 10.4 Å². The minimum Gasteiger partial charge on any atom is -0.0900 e. The molecule has 0 aliphatic heterocycles. The molecule has 0 saturated heterocycles. The Morgan fingerprint density at radius 1 is 1.13 bits per heavy atom. The van der Waals surface area contributed by atoms with Gasteiger partial charge >= 0.3 is 0 Å². The lowest BCUT2D eigenvalue weighted by Gasteiger charge is -2.58. The summed E-state index contributed by atoms with van der Waals surface area (Å²) in [7, 11) is 0. The van der Waals surface area contributed by atoms with E-state index in [-0.39, 0.29) is 11.5 Å².